The highest BCUT2D eigenvalue weighted by Crippen LogP contribution is 2.30. The molecule has 0 fully saturated rings. The molecule has 0 aliphatic carbocycles. The van der Waals surface area contributed by atoms with Gasteiger partial charge in [0.25, 0.3) is 0 Å². The number of nitrogens with one attached hydrogen (secondary N) is 1. The maximum atomic E-state index is 11.9. The Morgan fingerprint density at radius 2 is 1.53 bits per heavy atom. The van der Waals surface area contributed by atoms with Gasteiger partial charge in [-0.15, -0.1) is 0 Å². The van der Waals surface area contributed by atoms with Gasteiger partial charge in [-0.25, -0.2) is 0 Å². The smallest absolute Gasteiger partial charge is 0.402 e. The largest absolute Gasteiger partial charge is 0.870 e. The minimum absolute atomic E-state index is 0.501. The fraction of sp³-hybridized carbons (Fsp3) is 0.667. The average Bonchev–Trinajstić information content (AvgIpc) is 2.00. The minimum Gasteiger partial charge on any atom is -0.870 e. The summed E-state index contributed by atoms with van der Waals surface area (Å²) in [6.07, 6.45) is -12.0. The van der Waals surface area contributed by atoms with E-state index in [1.165, 1.54) is 0 Å². The van der Waals surface area contributed by atoms with E-state index in [0.29, 0.717) is 7.05 Å². The second kappa shape index (κ2) is 3.89. The lowest BCUT2D eigenvalue weighted by atomic mass is 10.2. The zero-order valence-corrected chi connectivity index (χ0v) is 7.16. The molecular weight excluding hydrogens is 232 g/mol. The lowest BCUT2D eigenvalue weighted by Crippen LogP contribution is -2.64. The van der Waals surface area contributed by atoms with Crippen molar-refractivity contribution < 1.29 is 36.6 Å². The lowest BCUT2D eigenvalue weighted by molar-refractivity contribution is -0.532. The second-order valence-electron chi connectivity index (χ2n) is 2.49. The molecule has 0 aromatic carbocycles. The van der Waals surface area contributed by atoms with Gasteiger partial charge in [0, 0.05) is 0 Å². The summed E-state index contributed by atoms with van der Waals surface area (Å²) in [5, 5.41) is 22.0. The fourth-order valence-electron chi connectivity index (χ4n) is 0.562. The van der Waals surface area contributed by atoms with Crippen molar-refractivity contribution >= 4 is 0 Å². The number of hydrogen-bond acceptors (Lipinski definition) is 3. The van der Waals surface area contributed by atoms with Crippen LogP contribution < -0.4 is 15.5 Å². The monoisotopic (exact) mass is 237 g/mol. The predicted octanol–water partition coefficient (Wildman–Crippen LogP) is -0.369. The van der Waals surface area contributed by atoms with Crippen molar-refractivity contribution in [2.45, 2.75) is 18.1 Å². The molecule has 9 heteroatoms. The molecule has 3 nitrogen and oxygen atoms in total. The zero-order chi connectivity index (χ0) is 12.5. The lowest BCUT2D eigenvalue weighted by Gasteiger charge is -2.40. The Labute approximate surface area is 80.0 Å². The van der Waals surface area contributed by atoms with Crippen molar-refractivity contribution in [1.82, 2.24) is 5.32 Å². The van der Waals surface area contributed by atoms with E-state index in [-0.39, 0.29) is 0 Å². The van der Waals surface area contributed by atoms with Gasteiger partial charge < -0.3 is 15.5 Å². The second-order valence-corrected chi connectivity index (χ2v) is 2.49. The SMILES string of the molecule is CNC([O-])(/C=C(\[O-])C(F)(F)F)C(F)(F)F. The van der Waals surface area contributed by atoms with Crippen LogP contribution in [0.3, 0.4) is 0 Å². The van der Waals surface area contributed by atoms with Crippen LogP contribution in [0, 0.1) is 0 Å². The fourth-order valence-corrected chi connectivity index (χ4v) is 0.562. The summed E-state index contributed by atoms with van der Waals surface area (Å²) in [5.74, 6) is -2.84. The minimum atomic E-state index is -5.54. The normalized spacial score (nSPS) is 18.8. The first-order chi connectivity index (χ1) is 6.44. The third-order valence-electron chi connectivity index (χ3n) is 1.41. The molecule has 0 rings (SSSR count). The number of alkyl halides is 6. The molecule has 0 bridgehead atoms. The van der Waals surface area contributed by atoms with Crippen LogP contribution in [-0.2, 0) is 0 Å². The summed E-state index contributed by atoms with van der Waals surface area (Å²) >= 11 is 0. The molecule has 90 valence electrons. The van der Waals surface area contributed by atoms with E-state index in [9.17, 15) is 36.6 Å². The van der Waals surface area contributed by atoms with Crippen molar-refractivity contribution in [2.24, 2.45) is 0 Å². The summed E-state index contributed by atoms with van der Waals surface area (Å²) in [5.41, 5.74) is -4.24. The Kier molecular flexibility index (Phi) is 3.64. The Morgan fingerprint density at radius 1 is 1.13 bits per heavy atom. The molecule has 0 spiro atoms. The van der Waals surface area contributed by atoms with Crippen molar-refractivity contribution in [2.75, 3.05) is 7.05 Å². The summed E-state index contributed by atoms with van der Waals surface area (Å²) in [4.78, 5) is 0. The van der Waals surface area contributed by atoms with Gasteiger partial charge >= 0.3 is 12.4 Å². The molecule has 0 radical (unpaired) electrons. The van der Waals surface area contributed by atoms with Crippen LogP contribution in [-0.4, -0.2) is 25.1 Å². The molecule has 0 amide bonds. The zero-order valence-electron chi connectivity index (χ0n) is 7.16. The number of rotatable bonds is 2. The van der Waals surface area contributed by atoms with Crippen LogP contribution >= 0.6 is 0 Å². The molecule has 0 aromatic rings. The first-order valence-electron chi connectivity index (χ1n) is 3.37. The van der Waals surface area contributed by atoms with E-state index in [1.807, 2.05) is 0 Å². The van der Waals surface area contributed by atoms with Crippen LogP contribution in [0.25, 0.3) is 0 Å². The summed E-state index contributed by atoms with van der Waals surface area (Å²) < 4.78 is 70.5. The first kappa shape index (κ1) is 14.0. The van der Waals surface area contributed by atoms with Gasteiger partial charge in [-0.05, 0) is 12.8 Å². The maximum absolute atomic E-state index is 11.9. The van der Waals surface area contributed by atoms with Crippen LogP contribution in [0.4, 0.5) is 26.3 Å². The molecule has 0 aliphatic heterocycles. The van der Waals surface area contributed by atoms with E-state index >= 15 is 0 Å². The molecule has 15 heavy (non-hydrogen) atoms. The number of likely N-dealkylation sites (N-methyl/N-ethyl adjacent to an activating group) is 1. The molecule has 0 aromatic heterocycles. The van der Waals surface area contributed by atoms with Gasteiger partial charge in [-0.1, -0.05) is 6.08 Å². The van der Waals surface area contributed by atoms with E-state index in [4.69, 9.17) is 0 Å². The quantitative estimate of drug-likeness (QED) is 0.405. The number of allylic oxidation sites excluding steroid dienone is 1. The van der Waals surface area contributed by atoms with E-state index < -0.39 is 29.9 Å². The third-order valence-corrected chi connectivity index (χ3v) is 1.41. The summed E-state index contributed by atoms with van der Waals surface area (Å²) in [6.45, 7) is 0. The Hall–Kier alpha value is -0.960. The molecule has 1 N–H and O–H groups in total. The molecular formula is C6H5F6NO2-2. The van der Waals surface area contributed by atoms with E-state index in [0.717, 1.165) is 5.32 Å². The van der Waals surface area contributed by atoms with Gasteiger partial charge in [-0.2, -0.15) is 26.3 Å². The van der Waals surface area contributed by atoms with Crippen LogP contribution in [0.1, 0.15) is 0 Å². The summed E-state index contributed by atoms with van der Waals surface area (Å²) in [7, 11) is 0.501. The van der Waals surface area contributed by atoms with Crippen molar-refractivity contribution in [3.05, 3.63) is 11.8 Å². The first-order valence-corrected chi connectivity index (χ1v) is 3.37. The van der Waals surface area contributed by atoms with Gasteiger partial charge in [0.15, 0.2) is 0 Å². The van der Waals surface area contributed by atoms with Gasteiger partial charge in [0.2, 0.25) is 0 Å². The molecule has 0 saturated heterocycles. The third kappa shape index (κ3) is 3.27. The van der Waals surface area contributed by atoms with Crippen LogP contribution in [0.15, 0.2) is 11.8 Å². The maximum Gasteiger partial charge on any atom is 0.402 e. The Bertz CT molecular complexity index is 257. The highest BCUT2D eigenvalue weighted by molar-refractivity contribution is 5.09. The molecule has 1 atom stereocenters. The van der Waals surface area contributed by atoms with E-state index in [1.54, 1.807) is 0 Å². The average molecular weight is 237 g/mol. The summed E-state index contributed by atoms with van der Waals surface area (Å²) in [6, 6.07) is 0. The van der Waals surface area contributed by atoms with Gasteiger partial charge in [0.05, 0.1) is 5.72 Å². The van der Waals surface area contributed by atoms with Crippen molar-refractivity contribution in [1.29, 1.82) is 0 Å². The van der Waals surface area contributed by atoms with E-state index in [2.05, 4.69) is 0 Å². The Morgan fingerprint density at radius 3 is 1.73 bits per heavy atom. The van der Waals surface area contributed by atoms with Crippen molar-refractivity contribution in [3.63, 3.8) is 0 Å². The predicted molar refractivity (Wildman–Crippen MR) is 32.0 cm³/mol. The Balaban J connectivity index is 5.20. The number of hydrogen-bond donors (Lipinski definition) is 1. The van der Waals surface area contributed by atoms with Gasteiger partial charge in [-0.3, -0.25) is 0 Å². The highest BCUT2D eigenvalue weighted by atomic mass is 19.4. The standard InChI is InChI=1S/C6H6F6NO2/c1-13-4(15,6(10,11)12)2-3(14)5(7,8)9/h2,13-14H,1H3/q-1/p-1/b3-2-. The molecule has 0 heterocycles. The van der Waals surface area contributed by atoms with Crippen molar-refractivity contribution in [3.8, 4) is 0 Å². The van der Waals surface area contributed by atoms with Gasteiger partial charge in [0.1, 0.15) is 0 Å². The van der Waals surface area contributed by atoms with Crippen LogP contribution in [0.5, 0.6) is 0 Å². The molecule has 0 aliphatic rings. The molecule has 1 unspecified atom stereocenters. The highest BCUT2D eigenvalue weighted by Gasteiger charge is 2.43. The number of halogens is 6. The van der Waals surface area contributed by atoms with Crippen LogP contribution in [0.2, 0.25) is 0 Å². The topological polar surface area (TPSA) is 58.1 Å². The molecule has 0 saturated carbocycles.